The minimum absolute atomic E-state index is 0.723. The van der Waals surface area contributed by atoms with Gasteiger partial charge in [0.2, 0.25) is 0 Å². The van der Waals surface area contributed by atoms with Crippen molar-refractivity contribution >= 4 is 0 Å². The van der Waals surface area contributed by atoms with E-state index in [1.807, 2.05) is 0 Å². The zero-order valence-corrected chi connectivity index (χ0v) is 7.72. The van der Waals surface area contributed by atoms with E-state index in [1.165, 1.54) is 0 Å². The maximum atomic E-state index is 5.30. The Bertz CT molecular complexity index is 76.5. The molecule has 0 bridgehead atoms. The molecule has 0 unspecified atom stereocenters. The minimum Gasteiger partial charge on any atom is -0.380 e. The van der Waals surface area contributed by atoms with Gasteiger partial charge in [0.1, 0.15) is 0 Å². The van der Waals surface area contributed by atoms with Gasteiger partial charge < -0.3 is 9.57 Å². The third-order valence-electron chi connectivity index (χ3n) is 1.33. The number of ether oxygens (including phenoxy) is 1. The van der Waals surface area contributed by atoms with Gasteiger partial charge in [0.05, 0.1) is 13.7 Å². The Morgan fingerprint density at radius 3 is 2.55 bits per heavy atom. The first-order valence-corrected chi connectivity index (χ1v) is 4.11. The van der Waals surface area contributed by atoms with Gasteiger partial charge >= 0.3 is 0 Å². The maximum absolute atomic E-state index is 5.30. The van der Waals surface area contributed by atoms with Crippen LogP contribution >= 0.6 is 0 Å². The highest BCUT2D eigenvalue weighted by Gasteiger charge is 1.92. The van der Waals surface area contributed by atoms with Crippen LogP contribution in [0, 0.1) is 5.92 Å². The van der Waals surface area contributed by atoms with Crippen LogP contribution in [0.25, 0.3) is 0 Å². The fourth-order valence-corrected chi connectivity index (χ4v) is 0.637. The molecule has 0 aromatic rings. The van der Waals surface area contributed by atoms with E-state index in [4.69, 9.17) is 4.74 Å². The molecule has 0 aliphatic rings. The Morgan fingerprint density at radius 1 is 1.27 bits per heavy atom. The fraction of sp³-hybridized carbons (Fsp3) is 1.00. The summed E-state index contributed by atoms with van der Waals surface area (Å²) in [6, 6.07) is 0. The van der Waals surface area contributed by atoms with Crippen molar-refractivity contribution in [1.82, 2.24) is 5.48 Å². The molecule has 1 N–H and O–H groups in total. The zero-order valence-electron chi connectivity index (χ0n) is 7.72. The first-order chi connectivity index (χ1) is 5.27. The highest BCUT2D eigenvalue weighted by atomic mass is 16.6. The van der Waals surface area contributed by atoms with E-state index in [2.05, 4.69) is 24.2 Å². The lowest BCUT2D eigenvalue weighted by molar-refractivity contribution is 0.0529. The molecule has 3 heteroatoms. The quantitative estimate of drug-likeness (QED) is 0.449. The lowest BCUT2D eigenvalue weighted by Crippen LogP contribution is -2.18. The van der Waals surface area contributed by atoms with Crippen LogP contribution in [0.3, 0.4) is 0 Å². The van der Waals surface area contributed by atoms with E-state index in [0.717, 1.165) is 32.1 Å². The molecular weight excluding hydrogens is 142 g/mol. The van der Waals surface area contributed by atoms with Crippen LogP contribution in [0.5, 0.6) is 0 Å². The monoisotopic (exact) mass is 161 g/mol. The van der Waals surface area contributed by atoms with Crippen molar-refractivity contribution < 1.29 is 9.57 Å². The van der Waals surface area contributed by atoms with Crippen molar-refractivity contribution in [3.8, 4) is 0 Å². The molecule has 0 aliphatic heterocycles. The standard InChI is InChI=1S/C8H19NO2/c1-8(2)4-6-11-7-5-9-10-3/h8-9H,4-7H2,1-3H3. The largest absolute Gasteiger partial charge is 0.380 e. The molecule has 0 radical (unpaired) electrons. The molecule has 0 aliphatic carbocycles. The van der Waals surface area contributed by atoms with Crippen LogP contribution in [-0.4, -0.2) is 26.9 Å². The molecule has 0 saturated heterocycles. The van der Waals surface area contributed by atoms with Crippen LogP contribution in [-0.2, 0) is 9.57 Å². The van der Waals surface area contributed by atoms with E-state index in [0.29, 0.717) is 0 Å². The summed E-state index contributed by atoms with van der Waals surface area (Å²) in [4.78, 5) is 4.64. The van der Waals surface area contributed by atoms with Crippen LogP contribution in [0.4, 0.5) is 0 Å². The van der Waals surface area contributed by atoms with E-state index in [1.54, 1.807) is 7.11 Å². The predicted octanol–water partition coefficient (Wildman–Crippen LogP) is 1.20. The molecule has 0 spiro atoms. The number of nitrogens with one attached hydrogen (secondary N) is 1. The second kappa shape index (κ2) is 7.98. The number of rotatable bonds is 7. The molecule has 11 heavy (non-hydrogen) atoms. The van der Waals surface area contributed by atoms with Crippen molar-refractivity contribution in [3.05, 3.63) is 0 Å². The zero-order chi connectivity index (χ0) is 8.53. The lowest BCUT2D eigenvalue weighted by Gasteiger charge is -2.05. The van der Waals surface area contributed by atoms with Gasteiger partial charge in [-0.1, -0.05) is 13.8 Å². The maximum Gasteiger partial charge on any atom is 0.0614 e. The van der Waals surface area contributed by atoms with Crippen molar-refractivity contribution in [1.29, 1.82) is 0 Å². The topological polar surface area (TPSA) is 30.5 Å². The summed E-state index contributed by atoms with van der Waals surface area (Å²) in [7, 11) is 1.61. The predicted molar refractivity (Wildman–Crippen MR) is 45.3 cm³/mol. The van der Waals surface area contributed by atoms with Crippen LogP contribution in [0.15, 0.2) is 0 Å². The van der Waals surface area contributed by atoms with Gasteiger partial charge in [0.15, 0.2) is 0 Å². The Morgan fingerprint density at radius 2 is 2.00 bits per heavy atom. The normalized spacial score (nSPS) is 10.9. The summed E-state index contributed by atoms with van der Waals surface area (Å²) in [6.07, 6.45) is 1.13. The molecule has 0 aromatic heterocycles. The second-order valence-corrected chi connectivity index (χ2v) is 2.89. The van der Waals surface area contributed by atoms with Gasteiger partial charge in [-0.2, -0.15) is 0 Å². The van der Waals surface area contributed by atoms with Gasteiger partial charge in [0, 0.05) is 13.2 Å². The van der Waals surface area contributed by atoms with Crippen molar-refractivity contribution in [2.45, 2.75) is 20.3 Å². The fourth-order valence-electron chi connectivity index (χ4n) is 0.637. The molecular formula is C8H19NO2. The third-order valence-corrected chi connectivity index (χ3v) is 1.33. The SMILES string of the molecule is CONCCOCCC(C)C. The Labute approximate surface area is 69.0 Å². The van der Waals surface area contributed by atoms with Crippen molar-refractivity contribution in [2.75, 3.05) is 26.9 Å². The summed E-state index contributed by atoms with van der Waals surface area (Å²) in [5.41, 5.74) is 2.71. The molecule has 3 nitrogen and oxygen atoms in total. The van der Waals surface area contributed by atoms with E-state index >= 15 is 0 Å². The molecule has 68 valence electrons. The average molecular weight is 161 g/mol. The minimum atomic E-state index is 0.723. The highest BCUT2D eigenvalue weighted by molar-refractivity contribution is 4.42. The average Bonchev–Trinajstić information content (AvgIpc) is 1.96. The lowest BCUT2D eigenvalue weighted by atomic mass is 10.1. The highest BCUT2D eigenvalue weighted by Crippen LogP contribution is 1.97. The molecule has 0 amide bonds. The Balaban J connectivity index is 2.80. The second-order valence-electron chi connectivity index (χ2n) is 2.89. The van der Waals surface area contributed by atoms with Crippen LogP contribution < -0.4 is 5.48 Å². The van der Waals surface area contributed by atoms with E-state index in [9.17, 15) is 0 Å². The number of hydrogen-bond acceptors (Lipinski definition) is 3. The number of hydrogen-bond donors (Lipinski definition) is 1. The van der Waals surface area contributed by atoms with Crippen molar-refractivity contribution in [3.63, 3.8) is 0 Å². The molecule has 0 heterocycles. The van der Waals surface area contributed by atoms with Crippen molar-refractivity contribution in [2.24, 2.45) is 5.92 Å². The van der Waals surface area contributed by atoms with E-state index < -0.39 is 0 Å². The van der Waals surface area contributed by atoms with Crippen LogP contribution in [0.2, 0.25) is 0 Å². The van der Waals surface area contributed by atoms with Gasteiger partial charge in [0.25, 0.3) is 0 Å². The van der Waals surface area contributed by atoms with Gasteiger partial charge in [-0.05, 0) is 12.3 Å². The number of hydroxylamine groups is 1. The summed E-state index contributed by atoms with van der Waals surface area (Å²) < 4.78 is 5.30. The Hall–Kier alpha value is -0.120. The Kier molecular flexibility index (Phi) is 7.89. The van der Waals surface area contributed by atoms with Gasteiger partial charge in [-0.3, -0.25) is 0 Å². The third kappa shape index (κ3) is 9.88. The molecule has 0 saturated carbocycles. The van der Waals surface area contributed by atoms with E-state index in [-0.39, 0.29) is 0 Å². The summed E-state index contributed by atoms with van der Waals surface area (Å²) in [5.74, 6) is 0.727. The smallest absolute Gasteiger partial charge is 0.0614 e. The summed E-state index contributed by atoms with van der Waals surface area (Å²) in [6.45, 7) is 6.71. The molecule has 0 fully saturated rings. The van der Waals surface area contributed by atoms with Gasteiger partial charge in [-0.15, -0.1) is 0 Å². The first-order valence-electron chi connectivity index (χ1n) is 4.11. The van der Waals surface area contributed by atoms with Crippen LogP contribution in [0.1, 0.15) is 20.3 Å². The van der Waals surface area contributed by atoms with Gasteiger partial charge in [-0.25, -0.2) is 5.48 Å². The first kappa shape index (κ1) is 10.9. The summed E-state index contributed by atoms with van der Waals surface area (Å²) in [5, 5.41) is 0. The molecule has 0 aromatic carbocycles. The summed E-state index contributed by atoms with van der Waals surface area (Å²) >= 11 is 0. The molecule has 0 rings (SSSR count). The molecule has 0 atom stereocenters.